The van der Waals surface area contributed by atoms with Gasteiger partial charge in [-0.25, -0.2) is 0 Å². The molecule has 0 amide bonds. The van der Waals surface area contributed by atoms with E-state index in [0.717, 1.165) is 18.5 Å². The lowest BCUT2D eigenvalue weighted by Crippen LogP contribution is -2.39. The molecule has 5 nitrogen and oxygen atoms in total. The first kappa shape index (κ1) is 13.8. The predicted molar refractivity (Wildman–Crippen MR) is 76.3 cm³/mol. The van der Waals surface area contributed by atoms with Crippen LogP contribution in [0, 0.1) is 17.0 Å². The summed E-state index contributed by atoms with van der Waals surface area (Å²) in [4.78, 5) is 10.4. The van der Waals surface area contributed by atoms with E-state index >= 15 is 0 Å². The second-order valence-corrected chi connectivity index (χ2v) is 5.31. The third kappa shape index (κ3) is 3.44. The number of anilines is 1. The maximum Gasteiger partial charge on any atom is 0.272 e. The molecule has 0 spiro atoms. The molecule has 19 heavy (non-hydrogen) atoms. The van der Waals surface area contributed by atoms with Gasteiger partial charge in [0, 0.05) is 29.4 Å². The number of nitrogens with one attached hydrogen (secondary N) is 1. The Morgan fingerprint density at radius 1 is 1.32 bits per heavy atom. The molecule has 0 heterocycles. The van der Waals surface area contributed by atoms with E-state index in [2.05, 4.69) is 5.32 Å². The van der Waals surface area contributed by atoms with Gasteiger partial charge >= 0.3 is 0 Å². The summed E-state index contributed by atoms with van der Waals surface area (Å²) in [6.07, 6.45) is 5.74. The monoisotopic (exact) mass is 263 g/mol. The van der Waals surface area contributed by atoms with Crippen LogP contribution in [-0.2, 0) is 0 Å². The molecule has 1 aliphatic carbocycles. The van der Waals surface area contributed by atoms with Gasteiger partial charge in [0.25, 0.3) is 5.69 Å². The largest absolute Gasteiger partial charge is 0.381 e. The summed E-state index contributed by atoms with van der Waals surface area (Å²) < 4.78 is 0. The highest BCUT2D eigenvalue weighted by atomic mass is 16.6. The van der Waals surface area contributed by atoms with Crippen molar-refractivity contribution in [3.05, 3.63) is 33.9 Å². The number of nitro groups is 1. The third-order valence-corrected chi connectivity index (χ3v) is 3.81. The van der Waals surface area contributed by atoms with Crippen LogP contribution in [0.5, 0.6) is 0 Å². The Morgan fingerprint density at radius 3 is 2.74 bits per heavy atom. The molecule has 2 atom stereocenters. The Balaban J connectivity index is 2.10. The molecule has 1 fully saturated rings. The summed E-state index contributed by atoms with van der Waals surface area (Å²) in [6, 6.07) is 5.58. The van der Waals surface area contributed by atoms with Crippen molar-refractivity contribution in [2.75, 3.05) is 5.32 Å². The lowest BCUT2D eigenvalue weighted by Gasteiger charge is -2.24. The zero-order valence-corrected chi connectivity index (χ0v) is 11.3. The number of benzene rings is 1. The fraction of sp³-hybridized carbons (Fsp3) is 0.571. The second-order valence-electron chi connectivity index (χ2n) is 5.31. The Bertz CT molecular complexity index is 462. The highest BCUT2D eigenvalue weighted by Gasteiger charge is 2.20. The van der Waals surface area contributed by atoms with E-state index < -0.39 is 0 Å². The molecular weight excluding hydrogens is 242 g/mol. The van der Waals surface area contributed by atoms with Gasteiger partial charge in [0.2, 0.25) is 0 Å². The van der Waals surface area contributed by atoms with Gasteiger partial charge in [0.1, 0.15) is 0 Å². The van der Waals surface area contributed by atoms with Crippen LogP contribution < -0.4 is 11.1 Å². The molecule has 5 heteroatoms. The molecule has 1 aliphatic rings. The second kappa shape index (κ2) is 6.02. The molecule has 0 aromatic heterocycles. The number of nitrogens with two attached hydrogens (primary N) is 1. The number of rotatable bonds is 3. The lowest BCUT2D eigenvalue weighted by atomic mass is 10.0. The van der Waals surface area contributed by atoms with Gasteiger partial charge in [0.05, 0.1) is 4.92 Å². The molecule has 104 valence electrons. The predicted octanol–water partition coefficient (Wildman–Crippen LogP) is 2.98. The number of hydrogen-bond donors (Lipinski definition) is 2. The van der Waals surface area contributed by atoms with E-state index in [-0.39, 0.29) is 22.7 Å². The van der Waals surface area contributed by atoms with Gasteiger partial charge in [-0.2, -0.15) is 0 Å². The van der Waals surface area contributed by atoms with Crippen molar-refractivity contribution >= 4 is 11.4 Å². The van der Waals surface area contributed by atoms with Crippen molar-refractivity contribution in [1.29, 1.82) is 0 Å². The molecule has 0 saturated heterocycles. The molecule has 2 rings (SSSR count). The molecule has 1 aromatic carbocycles. The normalized spacial score (nSPS) is 23.7. The highest BCUT2D eigenvalue weighted by Crippen LogP contribution is 2.25. The quantitative estimate of drug-likeness (QED) is 0.499. The minimum absolute atomic E-state index is 0.163. The van der Waals surface area contributed by atoms with Crippen molar-refractivity contribution in [3.63, 3.8) is 0 Å². The topological polar surface area (TPSA) is 81.2 Å². The summed E-state index contributed by atoms with van der Waals surface area (Å²) in [7, 11) is 0. The Morgan fingerprint density at radius 2 is 2.05 bits per heavy atom. The van der Waals surface area contributed by atoms with Crippen molar-refractivity contribution in [1.82, 2.24) is 0 Å². The van der Waals surface area contributed by atoms with Crippen LogP contribution in [0.4, 0.5) is 11.4 Å². The zero-order chi connectivity index (χ0) is 13.8. The zero-order valence-electron chi connectivity index (χ0n) is 11.3. The van der Waals surface area contributed by atoms with Crippen LogP contribution in [0.15, 0.2) is 18.2 Å². The highest BCUT2D eigenvalue weighted by molar-refractivity contribution is 5.54. The molecule has 1 aromatic rings. The standard InChI is InChI=1S/C14H21N3O2/c1-10-9-11(7-8-14(10)17(18)19)16-13-6-4-2-3-5-12(13)15/h7-9,12-13,16H,2-6,15H2,1H3. The van der Waals surface area contributed by atoms with Gasteiger partial charge < -0.3 is 11.1 Å². The van der Waals surface area contributed by atoms with Gasteiger partial charge in [-0.3, -0.25) is 10.1 Å². The van der Waals surface area contributed by atoms with Crippen molar-refractivity contribution in [3.8, 4) is 0 Å². The Kier molecular flexibility index (Phi) is 4.37. The van der Waals surface area contributed by atoms with Gasteiger partial charge in [-0.1, -0.05) is 19.3 Å². The number of aryl methyl sites for hydroxylation is 1. The van der Waals surface area contributed by atoms with Gasteiger partial charge in [-0.05, 0) is 31.9 Å². The molecule has 0 radical (unpaired) electrons. The van der Waals surface area contributed by atoms with Crippen LogP contribution in [0.3, 0.4) is 0 Å². The fourth-order valence-corrected chi connectivity index (χ4v) is 2.68. The van der Waals surface area contributed by atoms with Crippen LogP contribution in [0.25, 0.3) is 0 Å². The first-order valence-electron chi connectivity index (χ1n) is 6.85. The molecule has 1 saturated carbocycles. The van der Waals surface area contributed by atoms with Crippen LogP contribution >= 0.6 is 0 Å². The van der Waals surface area contributed by atoms with E-state index in [1.807, 2.05) is 6.07 Å². The minimum Gasteiger partial charge on any atom is -0.381 e. The summed E-state index contributed by atoms with van der Waals surface area (Å²) >= 11 is 0. The van der Waals surface area contributed by atoms with Crippen LogP contribution in [-0.4, -0.2) is 17.0 Å². The van der Waals surface area contributed by atoms with E-state index in [4.69, 9.17) is 5.73 Å². The minimum atomic E-state index is -0.351. The fourth-order valence-electron chi connectivity index (χ4n) is 2.68. The maximum atomic E-state index is 10.8. The van der Waals surface area contributed by atoms with Crippen molar-refractivity contribution in [2.24, 2.45) is 5.73 Å². The number of nitro benzene ring substituents is 1. The van der Waals surface area contributed by atoms with Gasteiger partial charge in [0.15, 0.2) is 0 Å². The summed E-state index contributed by atoms with van der Waals surface area (Å²) in [5, 5.41) is 14.2. The number of nitrogens with zero attached hydrogens (tertiary/aromatic N) is 1. The molecular formula is C14H21N3O2. The molecule has 0 bridgehead atoms. The number of hydrogen-bond acceptors (Lipinski definition) is 4. The summed E-state index contributed by atoms with van der Waals surface area (Å²) in [6.45, 7) is 1.76. The lowest BCUT2D eigenvalue weighted by molar-refractivity contribution is -0.385. The summed E-state index contributed by atoms with van der Waals surface area (Å²) in [5.74, 6) is 0. The van der Waals surface area contributed by atoms with Crippen molar-refractivity contribution < 1.29 is 4.92 Å². The van der Waals surface area contributed by atoms with Crippen LogP contribution in [0.1, 0.15) is 37.7 Å². The Hall–Kier alpha value is -1.62. The average molecular weight is 263 g/mol. The third-order valence-electron chi connectivity index (χ3n) is 3.81. The SMILES string of the molecule is Cc1cc(NC2CCCCCC2N)ccc1[N+](=O)[O-]. The average Bonchev–Trinajstić information content (AvgIpc) is 2.55. The molecule has 3 N–H and O–H groups in total. The first-order chi connectivity index (χ1) is 9.08. The summed E-state index contributed by atoms with van der Waals surface area (Å²) in [5.41, 5.74) is 7.93. The Labute approximate surface area is 113 Å². The smallest absolute Gasteiger partial charge is 0.272 e. The van der Waals surface area contributed by atoms with Crippen molar-refractivity contribution in [2.45, 2.75) is 51.1 Å². The van der Waals surface area contributed by atoms with E-state index in [9.17, 15) is 10.1 Å². The molecule has 2 unspecified atom stereocenters. The van der Waals surface area contributed by atoms with Crippen LogP contribution in [0.2, 0.25) is 0 Å². The van der Waals surface area contributed by atoms with Gasteiger partial charge in [-0.15, -0.1) is 0 Å². The maximum absolute atomic E-state index is 10.8. The van der Waals surface area contributed by atoms with E-state index in [1.54, 1.807) is 19.1 Å². The molecule has 0 aliphatic heterocycles. The van der Waals surface area contributed by atoms with E-state index in [0.29, 0.717) is 5.56 Å². The first-order valence-corrected chi connectivity index (χ1v) is 6.85. The van der Waals surface area contributed by atoms with E-state index in [1.165, 1.54) is 19.3 Å².